The van der Waals surface area contributed by atoms with Crippen molar-refractivity contribution in [2.75, 3.05) is 86.5 Å². The molecular weight excluding hydrogens is 979 g/mol. The van der Waals surface area contributed by atoms with E-state index in [1.807, 2.05) is 70.3 Å². The van der Waals surface area contributed by atoms with Gasteiger partial charge in [-0.2, -0.15) is 5.26 Å². The van der Waals surface area contributed by atoms with E-state index >= 15 is 0 Å². The van der Waals surface area contributed by atoms with E-state index in [9.17, 15) is 29.5 Å². The van der Waals surface area contributed by atoms with Crippen LogP contribution in [0.2, 0.25) is 0 Å². The minimum Gasteiger partial charge on any atom is -0.496 e. The molecule has 5 heterocycles. The zero-order chi connectivity index (χ0) is 53.4. The number of methoxy groups -OCH3 is 2. The SMILES string of the molecule is COc1cc(-c2cn(C)c(=O)c3cnccc23)cc(OC)c1CN1CCN(CCOCCOCCOc2cc(-c3scnc3C)ccc2CNC(=O)C2CC(O)CN2C(=O)C(NC(=O)C2(C#N)CC2)C(C)(C)C)CC1. The highest BCUT2D eigenvalue weighted by Gasteiger charge is 2.53. The molecule has 19 nitrogen and oxygen atoms in total. The minimum absolute atomic E-state index is 0.0411. The van der Waals surface area contributed by atoms with Gasteiger partial charge in [-0.1, -0.05) is 32.9 Å². The molecule has 3 fully saturated rings. The van der Waals surface area contributed by atoms with E-state index in [1.165, 1.54) is 16.2 Å². The van der Waals surface area contributed by atoms with Crippen LogP contribution in [0.15, 0.2) is 65.3 Å². The number of nitrogens with zero attached hydrogens (tertiary/aromatic N) is 7. The molecule has 0 bridgehead atoms. The van der Waals surface area contributed by atoms with Gasteiger partial charge in [0.05, 0.1) is 79.9 Å². The maximum Gasteiger partial charge on any atom is 0.259 e. The van der Waals surface area contributed by atoms with Crippen molar-refractivity contribution >= 4 is 39.8 Å². The second-order valence-corrected chi connectivity index (χ2v) is 21.5. The number of carbonyl (C=O) groups is 3. The van der Waals surface area contributed by atoms with Crippen molar-refractivity contribution in [3.63, 3.8) is 0 Å². The molecule has 5 aromatic rings. The Morgan fingerprint density at radius 1 is 0.933 bits per heavy atom. The van der Waals surface area contributed by atoms with Gasteiger partial charge in [0, 0.05) is 95.5 Å². The van der Waals surface area contributed by atoms with Crippen LogP contribution in [-0.2, 0) is 44.0 Å². The van der Waals surface area contributed by atoms with Crippen molar-refractivity contribution in [2.45, 2.75) is 78.2 Å². The average molecular weight is 1050 g/mol. The number of pyridine rings is 2. The number of nitrogens with one attached hydrogen (secondary N) is 2. The van der Waals surface area contributed by atoms with Gasteiger partial charge in [-0.3, -0.25) is 34.0 Å². The number of hydrogen-bond acceptors (Lipinski definition) is 16. The molecular formula is C55H69N9O10S. The summed E-state index contributed by atoms with van der Waals surface area (Å²) in [5.74, 6) is 0.584. The third-order valence-electron chi connectivity index (χ3n) is 14.3. The molecule has 3 aliphatic rings. The van der Waals surface area contributed by atoms with Crippen molar-refractivity contribution in [3.05, 3.63) is 87.7 Å². The number of β-amino-alcohol motifs (C(OH)–C–C–N with tert-alkyl or cyclic N) is 1. The summed E-state index contributed by atoms with van der Waals surface area (Å²) in [6.07, 6.45) is 5.12. The Morgan fingerprint density at radius 2 is 1.61 bits per heavy atom. The lowest BCUT2D eigenvalue weighted by atomic mass is 9.85. The fourth-order valence-electron chi connectivity index (χ4n) is 9.72. The first-order valence-corrected chi connectivity index (χ1v) is 26.4. The van der Waals surface area contributed by atoms with Crippen LogP contribution in [0.5, 0.6) is 17.2 Å². The van der Waals surface area contributed by atoms with Crippen LogP contribution in [0.1, 0.15) is 56.9 Å². The van der Waals surface area contributed by atoms with Crippen molar-refractivity contribution in [1.82, 2.24) is 39.9 Å². The second kappa shape index (κ2) is 24.0. The molecule has 1 aliphatic carbocycles. The van der Waals surface area contributed by atoms with Crippen LogP contribution >= 0.6 is 11.3 Å². The lowest BCUT2D eigenvalue weighted by molar-refractivity contribution is -0.144. The summed E-state index contributed by atoms with van der Waals surface area (Å²) in [6, 6.07) is 11.8. The van der Waals surface area contributed by atoms with Gasteiger partial charge in [0.1, 0.15) is 41.4 Å². The van der Waals surface area contributed by atoms with Gasteiger partial charge in [-0.05, 0) is 66.0 Å². The van der Waals surface area contributed by atoms with Gasteiger partial charge >= 0.3 is 0 Å². The Morgan fingerprint density at radius 3 is 2.27 bits per heavy atom. The average Bonchev–Trinajstić information content (AvgIpc) is 3.94. The molecule has 2 aliphatic heterocycles. The van der Waals surface area contributed by atoms with E-state index < -0.39 is 46.7 Å². The molecule has 400 valence electrons. The molecule has 75 heavy (non-hydrogen) atoms. The predicted octanol–water partition coefficient (Wildman–Crippen LogP) is 4.69. The molecule has 0 spiro atoms. The minimum atomic E-state index is -1.13. The third-order valence-corrected chi connectivity index (χ3v) is 15.3. The van der Waals surface area contributed by atoms with E-state index in [2.05, 4.69) is 36.5 Å². The summed E-state index contributed by atoms with van der Waals surface area (Å²) in [6.45, 7) is 14.3. The monoisotopic (exact) mass is 1050 g/mol. The van der Waals surface area contributed by atoms with Gasteiger partial charge in [0.25, 0.3) is 5.56 Å². The highest BCUT2D eigenvalue weighted by Crippen LogP contribution is 2.45. The van der Waals surface area contributed by atoms with E-state index in [4.69, 9.17) is 23.7 Å². The molecule has 3 unspecified atom stereocenters. The zero-order valence-corrected chi connectivity index (χ0v) is 44.8. The molecule has 3 N–H and O–H groups in total. The normalized spacial score (nSPS) is 18.1. The van der Waals surface area contributed by atoms with E-state index in [0.717, 1.165) is 82.4 Å². The molecule has 3 amide bonds. The zero-order valence-electron chi connectivity index (χ0n) is 44.0. The lowest BCUT2D eigenvalue weighted by Gasteiger charge is -2.35. The molecule has 2 aromatic carbocycles. The van der Waals surface area contributed by atoms with Crippen LogP contribution in [0, 0.1) is 29.1 Å². The first-order valence-electron chi connectivity index (χ1n) is 25.5. The maximum atomic E-state index is 14.1. The van der Waals surface area contributed by atoms with Crippen molar-refractivity contribution in [2.24, 2.45) is 17.9 Å². The van der Waals surface area contributed by atoms with E-state index in [1.54, 1.807) is 43.7 Å². The molecule has 8 rings (SSSR count). The molecule has 3 atom stereocenters. The Hall–Kier alpha value is -6.47. The first-order chi connectivity index (χ1) is 36.0. The number of benzene rings is 2. The third kappa shape index (κ3) is 12.8. The van der Waals surface area contributed by atoms with Gasteiger partial charge in [0.15, 0.2) is 0 Å². The number of piperazine rings is 1. The van der Waals surface area contributed by atoms with Crippen LogP contribution in [0.25, 0.3) is 32.3 Å². The highest BCUT2D eigenvalue weighted by molar-refractivity contribution is 7.13. The maximum absolute atomic E-state index is 14.1. The number of aromatic nitrogens is 3. The summed E-state index contributed by atoms with van der Waals surface area (Å²) in [7, 11) is 5.07. The number of hydrogen-bond donors (Lipinski definition) is 3. The number of aliphatic hydroxyl groups is 1. The standard InChI is InChI=1S/C55H69N9O10S/c1-35-48(75-34-59-35)36-8-9-37(28-58-50(66)44-27-39(65)30-64(44)52(68)49(54(2,3)4)60-53(69)55(33-56)11-12-55)45(24-36)74-23-22-73-21-20-72-19-18-62-14-16-63(17-15-62)32-43-46(70-6)25-38(26-47(43)71-7)42-31-61(5)51(67)41-29-57-13-10-40(41)42/h8-10,13,24-26,29,31,34,39,44,49,65H,11-12,14-23,27-28,30,32H2,1-7H3,(H,58,66)(H,60,69). The van der Waals surface area contributed by atoms with Crippen LogP contribution in [-0.4, -0.2) is 157 Å². The number of carbonyl (C=O) groups excluding carboxylic acids is 3. The molecule has 3 aromatic heterocycles. The number of aryl methyl sites for hydroxylation is 2. The summed E-state index contributed by atoms with van der Waals surface area (Å²) < 4.78 is 31.6. The Kier molecular flexibility index (Phi) is 17.6. The molecule has 1 saturated carbocycles. The molecule has 2 saturated heterocycles. The van der Waals surface area contributed by atoms with Crippen LogP contribution < -0.4 is 30.4 Å². The highest BCUT2D eigenvalue weighted by atomic mass is 32.1. The summed E-state index contributed by atoms with van der Waals surface area (Å²) in [5.41, 5.74) is 5.09. The number of nitriles is 1. The van der Waals surface area contributed by atoms with Gasteiger partial charge < -0.3 is 48.9 Å². The largest absolute Gasteiger partial charge is 0.496 e. The van der Waals surface area contributed by atoms with Crippen molar-refractivity contribution in [1.29, 1.82) is 5.26 Å². The quantitative estimate of drug-likeness (QED) is 0.0801. The number of rotatable bonds is 22. The Labute approximate surface area is 441 Å². The van der Waals surface area contributed by atoms with Crippen molar-refractivity contribution in [3.8, 4) is 44.9 Å². The van der Waals surface area contributed by atoms with Gasteiger partial charge in [-0.15, -0.1) is 11.3 Å². The molecule has 0 radical (unpaired) electrons. The first kappa shape index (κ1) is 54.8. The number of likely N-dealkylation sites (tertiary alicyclic amines) is 1. The predicted molar refractivity (Wildman–Crippen MR) is 283 cm³/mol. The van der Waals surface area contributed by atoms with E-state index in [0.29, 0.717) is 62.5 Å². The smallest absolute Gasteiger partial charge is 0.259 e. The number of amides is 3. The van der Waals surface area contributed by atoms with Gasteiger partial charge in [-0.25, -0.2) is 4.98 Å². The topological polar surface area (TPSA) is 223 Å². The Balaban J connectivity index is 0.781. The van der Waals surface area contributed by atoms with Crippen molar-refractivity contribution < 1.29 is 43.2 Å². The molecule has 20 heteroatoms. The summed E-state index contributed by atoms with van der Waals surface area (Å²) in [4.78, 5) is 69.6. The second-order valence-electron chi connectivity index (χ2n) is 20.6. The van der Waals surface area contributed by atoms with E-state index in [-0.39, 0.29) is 31.7 Å². The fourth-order valence-corrected chi connectivity index (χ4v) is 10.5. The fraction of sp³-hybridized carbons (Fsp3) is 0.509. The number of fused-ring (bicyclic) bond motifs is 1. The van der Waals surface area contributed by atoms with Crippen LogP contribution in [0.4, 0.5) is 0 Å². The van der Waals surface area contributed by atoms with Gasteiger partial charge in [0.2, 0.25) is 17.7 Å². The number of ether oxygens (including phenoxy) is 5. The number of aliphatic hydroxyl groups excluding tert-OH is 1. The summed E-state index contributed by atoms with van der Waals surface area (Å²) in [5, 5.41) is 27.4. The van der Waals surface area contributed by atoms with Crippen LogP contribution in [0.3, 0.4) is 0 Å². The summed E-state index contributed by atoms with van der Waals surface area (Å²) >= 11 is 1.52. The lowest BCUT2D eigenvalue weighted by Crippen LogP contribution is -2.58. The number of thiazole rings is 1. The Bertz CT molecular complexity index is 2930.